The van der Waals surface area contributed by atoms with Crippen LogP contribution in [0.1, 0.15) is 53.9 Å². The van der Waals surface area contributed by atoms with Crippen molar-refractivity contribution in [3.63, 3.8) is 0 Å². The van der Waals surface area contributed by atoms with Gasteiger partial charge in [-0.05, 0) is 44.6 Å². The van der Waals surface area contributed by atoms with Gasteiger partial charge in [0.1, 0.15) is 6.04 Å². The fourth-order valence-electron chi connectivity index (χ4n) is 3.27. The van der Waals surface area contributed by atoms with Crippen molar-refractivity contribution in [1.82, 2.24) is 0 Å². The summed E-state index contributed by atoms with van der Waals surface area (Å²) in [5.74, 6) is 0.616. The molecule has 0 saturated carbocycles. The van der Waals surface area contributed by atoms with Gasteiger partial charge in [0, 0.05) is 5.92 Å². The molecule has 0 radical (unpaired) electrons. The zero-order valence-corrected chi connectivity index (χ0v) is 16.1. The molecule has 20 heavy (non-hydrogen) atoms. The molecular weight excluding hydrogens is 310 g/mol. The van der Waals surface area contributed by atoms with Crippen LogP contribution in [-0.4, -0.2) is 31.2 Å². The van der Waals surface area contributed by atoms with Gasteiger partial charge in [0.2, 0.25) is 0 Å². The third kappa shape index (κ3) is 5.04. The molecule has 0 bridgehead atoms. The minimum Gasteiger partial charge on any atom is -1.00 e. The summed E-state index contributed by atoms with van der Waals surface area (Å²) in [6, 6.07) is 0.588. The lowest BCUT2D eigenvalue weighted by Crippen LogP contribution is -3.00. The molecule has 118 valence electrons. The van der Waals surface area contributed by atoms with Crippen LogP contribution in [0.25, 0.3) is 0 Å². The molecule has 2 atom stereocenters. The Kier molecular flexibility index (Phi) is 7.76. The molecule has 0 amide bonds. The molecule has 2 heteroatoms. The van der Waals surface area contributed by atoms with Gasteiger partial charge in [-0.1, -0.05) is 38.5 Å². The number of hydrogen-bond donors (Lipinski definition) is 0. The lowest BCUT2D eigenvalue weighted by atomic mass is 9.68. The van der Waals surface area contributed by atoms with E-state index in [1.165, 1.54) is 25.8 Å². The first-order chi connectivity index (χ1) is 8.70. The van der Waals surface area contributed by atoms with Gasteiger partial charge in [0.05, 0.1) is 20.6 Å². The summed E-state index contributed by atoms with van der Waals surface area (Å²) in [6.45, 7) is 13.0. The van der Waals surface area contributed by atoms with Crippen molar-refractivity contribution < 1.29 is 21.5 Å². The fraction of sp³-hybridized carbons (Fsp3) is 0.778. The summed E-state index contributed by atoms with van der Waals surface area (Å²) in [5, 5.41) is 0. The summed E-state index contributed by atoms with van der Waals surface area (Å²) in [6.07, 6.45) is 11.2. The predicted octanol–water partition coefficient (Wildman–Crippen LogP) is 1.80. The number of likely N-dealkylation sites (N-methyl/N-ethyl adjacent to an activating group) is 1. The molecule has 1 aliphatic rings. The summed E-state index contributed by atoms with van der Waals surface area (Å²) in [7, 11) is 4.68. The highest BCUT2D eigenvalue weighted by atomic mass is 79.9. The van der Waals surface area contributed by atoms with Crippen LogP contribution in [0.4, 0.5) is 0 Å². The van der Waals surface area contributed by atoms with Crippen LogP contribution in [-0.2, 0) is 0 Å². The topological polar surface area (TPSA) is 0 Å². The molecule has 0 spiro atoms. The standard InChI is InChI=1S/C18H34N.BrH/c1-8-14-19(6,7)16(3)11-12-17-15(2)10-9-13-18(17,4)5;/h10-12,16-17H,8-9,13-14H2,1-7H3;1H/q+1;/p-1. The van der Waals surface area contributed by atoms with Crippen molar-refractivity contribution in [2.45, 2.75) is 59.9 Å². The fourth-order valence-corrected chi connectivity index (χ4v) is 3.27. The smallest absolute Gasteiger partial charge is 0.104 e. The van der Waals surface area contributed by atoms with Crippen molar-refractivity contribution in [3.8, 4) is 0 Å². The number of nitrogens with zero attached hydrogens (tertiary/aromatic N) is 1. The summed E-state index contributed by atoms with van der Waals surface area (Å²) in [5.41, 5.74) is 1.97. The highest BCUT2D eigenvalue weighted by Crippen LogP contribution is 2.41. The van der Waals surface area contributed by atoms with E-state index in [0.29, 0.717) is 17.4 Å². The first kappa shape index (κ1) is 19.9. The van der Waals surface area contributed by atoms with E-state index in [4.69, 9.17) is 0 Å². The van der Waals surface area contributed by atoms with E-state index in [2.05, 4.69) is 66.9 Å². The van der Waals surface area contributed by atoms with Crippen LogP contribution in [0.5, 0.6) is 0 Å². The summed E-state index contributed by atoms with van der Waals surface area (Å²) < 4.78 is 1.09. The molecule has 0 heterocycles. The van der Waals surface area contributed by atoms with Gasteiger partial charge in [0.25, 0.3) is 0 Å². The third-order valence-corrected chi connectivity index (χ3v) is 5.07. The molecule has 0 fully saturated rings. The van der Waals surface area contributed by atoms with Crippen LogP contribution in [0.3, 0.4) is 0 Å². The van der Waals surface area contributed by atoms with E-state index >= 15 is 0 Å². The molecule has 1 aliphatic carbocycles. The highest BCUT2D eigenvalue weighted by molar-refractivity contribution is 5.19. The SMILES string of the molecule is CCC[N+](C)(C)C(C)C=CC1C(C)=CCCC1(C)C.[Br-]. The summed E-state index contributed by atoms with van der Waals surface area (Å²) >= 11 is 0. The Hall–Kier alpha value is -0.0800. The van der Waals surface area contributed by atoms with Crippen LogP contribution < -0.4 is 17.0 Å². The molecular formula is C18H34BrN. The average Bonchev–Trinajstić information content (AvgIpc) is 2.27. The van der Waals surface area contributed by atoms with Crippen LogP contribution in [0.2, 0.25) is 0 Å². The Labute approximate surface area is 137 Å². The van der Waals surface area contributed by atoms with E-state index < -0.39 is 0 Å². The van der Waals surface area contributed by atoms with Gasteiger partial charge in [0.15, 0.2) is 0 Å². The van der Waals surface area contributed by atoms with Crippen molar-refractivity contribution in [3.05, 3.63) is 23.8 Å². The van der Waals surface area contributed by atoms with Gasteiger partial charge >= 0.3 is 0 Å². The molecule has 0 aliphatic heterocycles. The lowest BCUT2D eigenvalue weighted by Gasteiger charge is -2.38. The lowest BCUT2D eigenvalue weighted by molar-refractivity contribution is -0.906. The molecule has 0 aromatic carbocycles. The zero-order valence-electron chi connectivity index (χ0n) is 14.5. The second-order valence-corrected chi connectivity index (χ2v) is 7.58. The van der Waals surface area contributed by atoms with E-state index in [9.17, 15) is 0 Å². The van der Waals surface area contributed by atoms with Crippen molar-refractivity contribution in [1.29, 1.82) is 0 Å². The van der Waals surface area contributed by atoms with Crippen LogP contribution >= 0.6 is 0 Å². The maximum atomic E-state index is 2.48. The Balaban J connectivity index is 0.00000361. The predicted molar refractivity (Wildman–Crippen MR) is 86.1 cm³/mol. The number of allylic oxidation sites excluding steroid dienone is 3. The first-order valence-electron chi connectivity index (χ1n) is 7.88. The van der Waals surface area contributed by atoms with E-state index in [1.54, 1.807) is 5.57 Å². The Morgan fingerprint density at radius 3 is 2.50 bits per heavy atom. The monoisotopic (exact) mass is 343 g/mol. The number of hydrogen-bond acceptors (Lipinski definition) is 0. The van der Waals surface area contributed by atoms with Crippen LogP contribution in [0.15, 0.2) is 23.8 Å². The maximum Gasteiger partial charge on any atom is 0.104 e. The molecule has 0 N–H and O–H groups in total. The Morgan fingerprint density at radius 1 is 1.40 bits per heavy atom. The van der Waals surface area contributed by atoms with Gasteiger partial charge in [-0.3, -0.25) is 0 Å². The molecule has 1 rings (SSSR count). The van der Waals surface area contributed by atoms with E-state index in [0.717, 1.165) is 4.48 Å². The quantitative estimate of drug-likeness (QED) is 0.527. The highest BCUT2D eigenvalue weighted by Gasteiger charge is 2.31. The number of halogens is 1. The average molecular weight is 344 g/mol. The van der Waals surface area contributed by atoms with Gasteiger partial charge in [-0.15, -0.1) is 0 Å². The molecule has 0 saturated heterocycles. The number of rotatable bonds is 5. The molecule has 1 nitrogen and oxygen atoms in total. The molecule has 0 aromatic rings. The Bertz CT molecular complexity index is 352. The molecule has 2 unspecified atom stereocenters. The number of quaternary nitrogens is 1. The zero-order chi connectivity index (χ0) is 14.7. The second-order valence-electron chi connectivity index (χ2n) is 7.58. The van der Waals surface area contributed by atoms with Gasteiger partial charge in [-0.2, -0.15) is 0 Å². The van der Waals surface area contributed by atoms with E-state index in [1.807, 2.05) is 0 Å². The second kappa shape index (κ2) is 7.79. The minimum atomic E-state index is 0. The third-order valence-electron chi connectivity index (χ3n) is 5.07. The normalized spacial score (nSPS) is 24.1. The van der Waals surface area contributed by atoms with Crippen molar-refractivity contribution in [2.24, 2.45) is 11.3 Å². The van der Waals surface area contributed by atoms with E-state index in [-0.39, 0.29) is 17.0 Å². The van der Waals surface area contributed by atoms with Crippen molar-refractivity contribution >= 4 is 0 Å². The van der Waals surface area contributed by atoms with Crippen molar-refractivity contribution in [2.75, 3.05) is 20.6 Å². The minimum absolute atomic E-state index is 0. The first-order valence-corrected chi connectivity index (χ1v) is 7.88. The Morgan fingerprint density at radius 2 is 2.00 bits per heavy atom. The van der Waals surface area contributed by atoms with Gasteiger partial charge < -0.3 is 21.5 Å². The summed E-state index contributed by atoms with van der Waals surface area (Å²) in [4.78, 5) is 0. The van der Waals surface area contributed by atoms with Crippen LogP contribution in [0, 0.1) is 11.3 Å². The van der Waals surface area contributed by atoms with Gasteiger partial charge in [-0.25, -0.2) is 0 Å². The largest absolute Gasteiger partial charge is 1.00 e. The molecule has 0 aromatic heterocycles. The maximum absolute atomic E-state index is 2.48.